The van der Waals surface area contributed by atoms with Crippen molar-refractivity contribution < 1.29 is 4.42 Å². The fourth-order valence-corrected chi connectivity index (χ4v) is 3.78. The molecule has 1 aromatic carbocycles. The largest absolute Gasteiger partial charge is 0.464 e. The molecule has 1 aromatic heterocycles. The van der Waals surface area contributed by atoms with Gasteiger partial charge in [-0.25, -0.2) is 0 Å². The number of nitrogens with one attached hydrogen (secondary N) is 1. The third-order valence-corrected chi connectivity index (χ3v) is 4.91. The highest BCUT2D eigenvalue weighted by atomic mass is 16.3. The maximum Gasteiger partial charge on any atom is 0.134 e. The molecule has 3 nitrogen and oxygen atoms in total. The Bertz CT molecular complexity index is 589. The van der Waals surface area contributed by atoms with Gasteiger partial charge in [0.2, 0.25) is 0 Å². The Morgan fingerprint density at radius 1 is 1.10 bits per heavy atom. The quantitative estimate of drug-likeness (QED) is 0.937. The molecule has 110 valence electrons. The Labute approximate surface area is 126 Å². The van der Waals surface area contributed by atoms with Crippen molar-refractivity contribution in [2.45, 2.75) is 25.4 Å². The SMILES string of the molecule is c1coc(-c2ccccc2CN2CC3CCC2CNC3)c1. The number of nitrogens with zero attached hydrogens (tertiary/aromatic N) is 1. The third-order valence-electron chi connectivity index (χ3n) is 4.91. The van der Waals surface area contributed by atoms with Crippen LogP contribution in [-0.2, 0) is 6.54 Å². The van der Waals surface area contributed by atoms with Crippen LogP contribution in [0, 0.1) is 5.92 Å². The summed E-state index contributed by atoms with van der Waals surface area (Å²) in [6.07, 6.45) is 4.47. The predicted molar refractivity (Wildman–Crippen MR) is 83.9 cm³/mol. The summed E-state index contributed by atoms with van der Waals surface area (Å²) in [5.41, 5.74) is 2.61. The smallest absolute Gasteiger partial charge is 0.134 e. The van der Waals surface area contributed by atoms with E-state index in [9.17, 15) is 0 Å². The van der Waals surface area contributed by atoms with E-state index in [2.05, 4.69) is 40.5 Å². The zero-order valence-corrected chi connectivity index (χ0v) is 12.3. The van der Waals surface area contributed by atoms with Gasteiger partial charge in [-0.3, -0.25) is 4.90 Å². The van der Waals surface area contributed by atoms with Crippen LogP contribution in [0.25, 0.3) is 11.3 Å². The average Bonchev–Trinajstić information content (AvgIpc) is 2.87. The van der Waals surface area contributed by atoms with Gasteiger partial charge in [0.25, 0.3) is 0 Å². The second-order valence-electron chi connectivity index (χ2n) is 6.32. The Hall–Kier alpha value is -1.58. The summed E-state index contributed by atoms with van der Waals surface area (Å²) in [5, 5.41) is 3.61. The van der Waals surface area contributed by atoms with Gasteiger partial charge < -0.3 is 9.73 Å². The summed E-state index contributed by atoms with van der Waals surface area (Å²) in [4.78, 5) is 2.66. The van der Waals surface area contributed by atoms with Crippen molar-refractivity contribution in [3.05, 3.63) is 48.2 Å². The van der Waals surface area contributed by atoms with Crippen molar-refractivity contribution in [3.8, 4) is 11.3 Å². The lowest BCUT2D eigenvalue weighted by molar-refractivity contribution is 0.126. The molecule has 21 heavy (non-hydrogen) atoms. The van der Waals surface area contributed by atoms with Gasteiger partial charge in [0.05, 0.1) is 6.26 Å². The van der Waals surface area contributed by atoms with Crippen molar-refractivity contribution in [2.75, 3.05) is 19.6 Å². The minimum atomic E-state index is 0.688. The number of piperidine rings is 1. The fourth-order valence-electron chi connectivity index (χ4n) is 3.78. The summed E-state index contributed by atoms with van der Waals surface area (Å²) in [5.74, 6) is 1.79. The summed E-state index contributed by atoms with van der Waals surface area (Å²) in [6.45, 7) is 4.58. The lowest BCUT2D eigenvalue weighted by atomic mass is 9.94. The molecule has 2 atom stereocenters. The predicted octanol–water partition coefficient (Wildman–Crippen LogP) is 3.13. The van der Waals surface area contributed by atoms with E-state index >= 15 is 0 Å². The number of benzene rings is 1. The van der Waals surface area contributed by atoms with Crippen LogP contribution < -0.4 is 5.32 Å². The Morgan fingerprint density at radius 2 is 2.05 bits per heavy atom. The molecule has 2 bridgehead atoms. The number of rotatable bonds is 3. The molecule has 3 aliphatic rings. The first-order chi connectivity index (χ1) is 10.4. The van der Waals surface area contributed by atoms with E-state index in [-0.39, 0.29) is 0 Å². The molecule has 0 spiro atoms. The van der Waals surface area contributed by atoms with Crippen molar-refractivity contribution in [1.82, 2.24) is 10.2 Å². The van der Waals surface area contributed by atoms with E-state index in [0.717, 1.165) is 24.8 Å². The molecule has 1 N–H and O–H groups in total. The second-order valence-corrected chi connectivity index (χ2v) is 6.32. The zero-order chi connectivity index (χ0) is 14.1. The van der Waals surface area contributed by atoms with Gasteiger partial charge in [0, 0.05) is 31.2 Å². The first kappa shape index (κ1) is 13.1. The fraction of sp³-hybridized carbons (Fsp3) is 0.444. The first-order valence-electron chi connectivity index (χ1n) is 7.97. The van der Waals surface area contributed by atoms with Crippen molar-refractivity contribution in [1.29, 1.82) is 0 Å². The molecule has 0 saturated carbocycles. The van der Waals surface area contributed by atoms with Crippen LogP contribution >= 0.6 is 0 Å². The highest BCUT2D eigenvalue weighted by molar-refractivity contribution is 5.61. The van der Waals surface area contributed by atoms with Crippen molar-refractivity contribution in [2.24, 2.45) is 5.92 Å². The monoisotopic (exact) mass is 282 g/mol. The van der Waals surface area contributed by atoms with Gasteiger partial charge in [0.1, 0.15) is 5.76 Å². The molecule has 3 saturated heterocycles. The average molecular weight is 282 g/mol. The van der Waals surface area contributed by atoms with Crippen LogP contribution in [0.1, 0.15) is 18.4 Å². The molecule has 2 unspecified atom stereocenters. The lowest BCUT2D eigenvalue weighted by Crippen LogP contribution is -2.43. The molecule has 3 fully saturated rings. The van der Waals surface area contributed by atoms with E-state index in [1.54, 1.807) is 6.26 Å². The van der Waals surface area contributed by atoms with Gasteiger partial charge in [-0.2, -0.15) is 0 Å². The Kier molecular flexibility index (Phi) is 3.53. The van der Waals surface area contributed by atoms with Gasteiger partial charge in [0.15, 0.2) is 0 Å². The van der Waals surface area contributed by atoms with Gasteiger partial charge in [-0.15, -0.1) is 0 Å². The third kappa shape index (κ3) is 2.63. The lowest BCUT2D eigenvalue weighted by Gasteiger charge is -2.36. The maximum absolute atomic E-state index is 5.61. The molecule has 0 aliphatic carbocycles. The number of hydrogen-bond acceptors (Lipinski definition) is 3. The molecule has 0 amide bonds. The highest BCUT2D eigenvalue weighted by Crippen LogP contribution is 2.29. The molecule has 3 aliphatic heterocycles. The normalized spacial score (nSPS) is 25.9. The number of fused-ring (bicyclic) bond motifs is 4. The molecule has 3 heteroatoms. The number of furan rings is 1. The summed E-state index contributed by atoms with van der Waals surface area (Å²) < 4.78 is 5.61. The Balaban J connectivity index is 1.60. The van der Waals surface area contributed by atoms with E-state index < -0.39 is 0 Å². The summed E-state index contributed by atoms with van der Waals surface area (Å²) in [7, 11) is 0. The number of hydrogen-bond donors (Lipinski definition) is 1. The van der Waals surface area contributed by atoms with E-state index in [1.807, 2.05) is 6.07 Å². The van der Waals surface area contributed by atoms with Crippen LogP contribution in [0.15, 0.2) is 47.1 Å². The van der Waals surface area contributed by atoms with Gasteiger partial charge >= 0.3 is 0 Å². The first-order valence-corrected chi connectivity index (χ1v) is 7.97. The molecular weight excluding hydrogens is 260 g/mol. The molecule has 4 heterocycles. The Morgan fingerprint density at radius 3 is 2.95 bits per heavy atom. The maximum atomic E-state index is 5.61. The van der Waals surface area contributed by atoms with Crippen LogP contribution in [0.2, 0.25) is 0 Å². The highest BCUT2D eigenvalue weighted by Gasteiger charge is 2.31. The van der Waals surface area contributed by atoms with E-state index in [0.29, 0.717) is 6.04 Å². The second kappa shape index (κ2) is 5.66. The molecular formula is C18H22N2O. The topological polar surface area (TPSA) is 28.4 Å². The summed E-state index contributed by atoms with van der Waals surface area (Å²) in [6, 6.07) is 13.3. The van der Waals surface area contributed by atoms with E-state index in [4.69, 9.17) is 4.42 Å². The molecule has 2 aromatic rings. The van der Waals surface area contributed by atoms with Crippen molar-refractivity contribution in [3.63, 3.8) is 0 Å². The van der Waals surface area contributed by atoms with Crippen LogP contribution in [0.4, 0.5) is 0 Å². The van der Waals surface area contributed by atoms with Crippen molar-refractivity contribution >= 4 is 0 Å². The van der Waals surface area contributed by atoms with Gasteiger partial charge in [-0.1, -0.05) is 24.3 Å². The van der Waals surface area contributed by atoms with Gasteiger partial charge in [-0.05, 0) is 43.0 Å². The molecule has 0 radical (unpaired) electrons. The zero-order valence-electron chi connectivity index (χ0n) is 12.3. The standard InChI is InChI=1S/C18H22N2O/c1-2-5-17(18-6-3-9-21-18)15(4-1)13-20-12-14-7-8-16(20)11-19-10-14/h1-6,9,14,16,19H,7-8,10-13H2. The van der Waals surface area contributed by atoms with Crippen LogP contribution in [0.3, 0.4) is 0 Å². The van der Waals surface area contributed by atoms with Crippen LogP contribution in [-0.4, -0.2) is 30.6 Å². The van der Waals surface area contributed by atoms with Crippen LogP contribution in [0.5, 0.6) is 0 Å². The van der Waals surface area contributed by atoms with E-state index in [1.165, 1.54) is 37.1 Å². The minimum absolute atomic E-state index is 0.688. The molecule has 5 rings (SSSR count). The minimum Gasteiger partial charge on any atom is -0.464 e. The summed E-state index contributed by atoms with van der Waals surface area (Å²) >= 11 is 0.